The summed E-state index contributed by atoms with van der Waals surface area (Å²) in [5.41, 5.74) is 1.72. The van der Waals surface area contributed by atoms with Crippen LogP contribution in [0.1, 0.15) is 17.2 Å². The smallest absolute Gasteiger partial charge is 0.260 e. The summed E-state index contributed by atoms with van der Waals surface area (Å²) in [5, 5.41) is 2.63. The lowest BCUT2D eigenvalue weighted by atomic mass is 10.1. The van der Waals surface area contributed by atoms with Gasteiger partial charge in [0.15, 0.2) is 6.10 Å². The molecule has 19 heavy (non-hydrogen) atoms. The van der Waals surface area contributed by atoms with Crippen LogP contribution in [0.3, 0.4) is 0 Å². The van der Waals surface area contributed by atoms with Crippen LogP contribution in [0.2, 0.25) is 0 Å². The van der Waals surface area contributed by atoms with E-state index >= 15 is 0 Å². The monoisotopic (exact) mass is 257 g/mol. The molecule has 5 nitrogen and oxygen atoms in total. The summed E-state index contributed by atoms with van der Waals surface area (Å²) in [4.78, 5) is 20.2. The maximum absolute atomic E-state index is 12.1. The molecule has 0 aliphatic carbocycles. The molecule has 5 heteroatoms. The Morgan fingerprint density at radius 3 is 2.42 bits per heavy atom. The lowest BCUT2D eigenvalue weighted by Gasteiger charge is -2.14. The first-order valence-electron chi connectivity index (χ1n) is 5.88. The van der Waals surface area contributed by atoms with E-state index in [9.17, 15) is 4.79 Å². The van der Waals surface area contributed by atoms with Crippen molar-refractivity contribution in [2.24, 2.45) is 0 Å². The van der Waals surface area contributed by atoms with Crippen LogP contribution in [0.4, 0.5) is 5.95 Å². The summed E-state index contributed by atoms with van der Waals surface area (Å²) in [6, 6.07) is 9.28. The molecule has 2 rings (SSSR count). The Morgan fingerprint density at radius 2 is 1.84 bits per heavy atom. The molecule has 0 aliphatic rings. The minimum Gasteiger partial charge on any atom is -0.367 e. The molecule has 0 saturated heterocycles. The Labute approximate surface area is 111 Å². The molecular weight excluding hydrogens is 242 g/mol. The van der Waals surface area contributed by atoms with Gasteiger partial charge in [-0.25, -0.2) is 9.97 Å². The van der Waals surface area contributed by atoms with Crippen molar-refractivity contribution in [3.63, 3.8) is 0 Å². The average Bonchev–Trinajstić information content (AvgIpc) is 2.43. The normalized spacial score (nSPS) is 11.9. The maximum atomic E-state index is 12.1. The van der Waals surface area contributed by atoms with E-state index in [1.807, 2.05) is 37.3 Å². The molecule has 0 radical (unpaired) electrons. The van der Waals surface area contributed by atoms with Crippen LogP contribution in [0, 0.1) is 6.92 Å². The van der Waals surface area contributed by atoms with Gasteiger partial charge in [-0.15, -0.1) is 0 Å². The van der Waals surface area contributed by atoms with Crippen LogP contribution in [0.25, 0.3) is 0 Å². The van der Waals surface area contributed by atoms with E-state index in [2.05, 4.69) is 15.3 Å². The molecule has 0 saturated carbocycles. The Morgan fingerprint density at radius 1 is 1.21 bits per heavy atom. The van der Waals surface area contributed by atoms with E-state index in [1.165, 1.54) is 7.11 Å². The summed E-state index contributed by atoms with van der Waals surface area (Å²) >= 11 is 0. The maximum Gasteiger partial charge on any atom is 0.260 e. The highest BCUT2D eigenvalue weighted by molar-refractivity contribution is 5.93. The third-order valence-electron chi connectivity index (χ3n) is 2.59. The highest BCUT2D eigenvalue weighted by Crippen LogP contribution is 2.17. The number of hydrogen-bond acceptors (Lipinski definition) is 4. The number of amides is 1. The first-order chi connectivity index (χ1) is 9.20. The van der Waals surface area contributed by atoms with Crippen molar-refractivity contribution >= 4 is 11.9 Å². The van der Waals surface area contributed by atoms with Crippen LogP contribution in [-0.4, -0.2) is 23.0 Å². The van der Waals surface area contributed by atoms with Crippen molar-refractivity contribution in [3.8, 4) is 0 Å². The number of aromatic nitrogens is 2. The molecule has 2 aromatic rings. The quantitative estimate of drug-likeness (QED) is 0.911. The van der Waals surface area contributed by atoms with Gasteiger partial charge >= 0.3 is 0 Å². The topological polar surface area (TPSA) is 64.1 Å². The number of methoxy groups -OCH3 is 1. The van der Waals surface area contributed by atoms with Gasteiger partial charge in [-0.1, -0.05) is 30.3 Å². The lowest BCUT2D eigenvalue weighted by Crippen LogP contribution is -2.23. The van der Waals surface area contributed by atoms with Gasteiger partial charge in [0.25, 0.3) is 5.91 Å². The zero-order valence-electron chi connectivity index (χ0n) is 10.8. The van der Waals surface area contributed by atoms with E-state index in [4.69, 9.17) is 4.74 Å². The highest BCUT2D eigenvalue weighted by atomic mass is 16.5. The SMILES string of the molecule is CO[C@H](C(=O)Nc1ncc(C)cn1)c1ccccc1. The minimum atomic E-state index is -0.675. The van der Waals surface area contributed by atoms with E-state index < -0.39 is 6.10 Å². The summed E-state index contributed by atoms with van der Waals surface area (Å²) < 4.78 is 5.23. The third-order valence-corrected chi connectivity index (χ3v) is 2.59. The summed E-state index contributed by atoms with van der Waals surface area (Å²) in [6.45, 7) is 1.88. The predicted octanol–water partition coefficient (Wildman–Crippen LogP) is 2.11. The molecule has 1 amide bonds. The zero-order valence-corrected chi connectivity index (χ0v) is 10.8. The Balaban J connectivity index is 2.11. The molecule has 1 aromatic heterocycles. The van der Waals surface area contributed by atoms with Gasteiger partial charge in [0.2, 0.25) is 5.95 Å². The second-order valence-electron chi connectivity index (χ2n) is 4.10. The molecule has 1 heterocycles. The van der Waals surface area contributed by atoms with Crippen molar-refractivity contribution in [3.05, 3.63) is 53.9 Å². The fourth-order valence-electron chi connectivity index (χ4n) is 1.66. The molecule has 0 fully saturated rings. The molecule has 0 spiro atoms. The van der Waals surface area contributed by atoms with E-state index in [0.717, 1.165) is 11.1 Å². The lowest BCUT2D eigenvalue weighted by molar-refractivity contribution is -0.126. The van der Waals surface area contributed by atoms with E-state index in [-0.39, 0.29) is 11.9 Å². The predicted molar refractivity (Wildman–Crippen MR) is 71.6 cm³/mol. The Hall–Kier alpha value is -2.27. The number of hydrogen-bond donors (Lipinski definition) is 1. The number of benzene rings is 1. The van der Waals surface area contributed by atoms with Crippen LogP contribution in [-0.2, 0) is 9.53 Å². The molecule has 1 atom stereocenters. The summed E-state index contributed by atoms with van der Waals surface area (Å²) in [6.07, 6.45) is 2.62. The van der Waals surface area contributed by atoms with E-state index in [1.54, 1.807) is 12.4 Å². The number of rotatable bonds is 4. The average molecular weight is 257 g/mol. The van der Waals surface area contributed by atoms with Gasteiger partial charge in [-0.2, -0.15) is 0 Å². The standard InChI is InChI=1S/C14H15N3O2/c1-10-8-15-14(16-9-10)17-13(18)12(19-2)11-6-4-3-5-7-11/h3-9,12H,1-2H3,(H,15,16,17,18)/t12-/m0/s1. The van der Waals surface area contributed by atoms with Crippen molar-refractivity contribution in [2.75, 3.05) is 12.4 Å². The molecule has 98 valence electrons. The van der Waals surface area contributed by atoms with Gasteiger partial charge in [0.05, 0.1) is 0 Å². The first kappa shape index (κ1) is 13.2. The van der Waals surface area contributed by atoms with Crippen LogP contribution < -0.4 is 5.32 Å². The fourth-order valence-corrected chi connectivity index (χ4v) is 1.66. The van der Waals surface area contributed by atoms with Crippen molar-refractivity contribution in [1.29, 1.82) is 0 Å². The highest BCUT2D eigenvalue weighted by Gasteiger charge is 2.20. The first-order valence-corrected chi connectivity index (χ1v) is 5.88. The molecule has 0 aliphatic heterocycles. The number of carbonyl (C=O) groups is 1. The number of carbonyl (C=O) groups excluding carboxylic acids is 1. The molecule has 1 N–H and O–H groups in total. The largest absolute Gasteiger partial charge is 0.367 e. The summed E-state index contributed by atoms with van der Waals surface area (Å²) in [7, 11) is 1.49. The van der Waals surface area contributed by atoms with Crippen molar-refractivity contribution in [2.45, 2.75) is 13.0 Å². The molecule has 0 bridgehead atoms. The molecular formula is C14H15N3O2. The van der Waals surface area contributed by atoms with Crippen molar-refractivity contribution < 1.29 is 9.53 Å². The second-order valence-corrected chi connectivity index (χ2v) is 4.10. The van der Waals surface area contributed by atoms with Crippen LogP contribution >= 0.6 is 0 Å². The number of nitrogens with one attached hydrogen (secondary N) is 1. The van der Waals surface area contributed by atoms with E-state index in [0.29, 0.717) is 0 Å². The molecule has 0 unspecified atom stereocenters. The third kappa shape index (κ3) is 3.35. The number of anilines is 1. The van der Waals surface area contributed by atoms with Gasteiger partial charge < -0.3 is 4.74 Å². The van der Waals surface area contributed by atoms with Gasteiger partial charge in [0, 0.05) is 19.5 Å². The number of aryl methyl sites for hydroxylation is 1. The second kappa shape index (κ2) is 6.06. The molecule has 1 aromatic carbocycles. The minimum absolute atomic E-state index is 0.272. The van der Waals surface area contributed by atoms with Crippen molar-refractivity contribution in [1.82, 2.24) is 9.97 Å². The number of nitrogens with zero attached hydrogens (tertiary/aromatic N) is 2. The van der Waals surface area contributed by atoms with Gasteiger partial charge in [0.1, 0.15) is 0 Å². The van der Waals surface area contributed by atoms with Gasteiger partial charge in [-0.05, 0) is 18.1 Å². The Bertz CT molecular complexity index is 540. The Kier molecular flexibility index (Phi) is 4.20. The fraction of sp³-hybridized carbons (Fsp3) is 0.214. The van der Waals surface area contributed by atoms with Crippen LogP contribution in [0.5, 0.6) is 0 Å². The summed E-state index contributed by atoms with van der Waals surface area (Å²) in [5.74, 6) is -0.0221. The zero-order chi connectivity index (χ0) is 13.7. The number of ether oxygens (including phenoxy) is 1. The van der Waals surface area contributed by atoms with Crippen LogP contribution in [0.15, 0.2) is 42.7 Å². The van der Waals surface area contributed by atoms with Gasteiger partial charge in [-0.3, -0.25) is 10.1 Å².